The van der Waals surface area contributed by atoms with Crippen molar-refractivity contribution in [2.24, 2.45) is 0 Å². The molecule has 0 fully saturated rings. The van der Waals surface area contributed by atoms with E-state index in [4.69, 9.17) is 4.18 Å². The number of benzene rings is 1. The van der Waals surface area contributed by atoms with Crippen LogP contribution in [0.3, 0.4) is 0 Å². The summed E-state index contributed by atoms with van der Waals surface area (Å²) in [6.07, 6.45) is -1.05. The number of Topliss-reactive ketones (excluding diaryl/α,β-unsaturated/α-hetero) is 1. The Morgan fingerprint density at radius 2 is 1.95 bits per heavy atom. The molecule has 0 radical (unpaired) electrons. The molecule has 0 saturated carbocycles. The van der Waals surface area contributed by atoms with Crippen molar-refractivity contribution >= 4 is 28.5 Å². The molecule has 122 valence electrons. The van der Waals surface area contributed by atoms with Crippen LogP contribution in [0.15, 0.2) is 29.2 Å². The molecule has 1 aromatic carbocycles. The van der Waals surface area contributed by atoms with Gasteiger partial charge in [0.2, 0.25) is 6.23 Å². The van der Waals surface area contributed by atoms with Crippen LogP contribution < -0.4 is 10.2 Å². The third-order valence-electron chi connectivity index (χ3n) is 3.19. The van der Waals surface area contributed by atoms with Gasteiger partial charge < -0.3 is 0 Å². The zero-order chi connectivity index (χ0) is 16.9. The quantitative estimate of drug-likeness (QED) is 0.913. The van der Waals surface area contributed by atoms with Crippen LogP contribution in [0.5, 0.6) is 0 Å². The van der Waals surface area contributed by atoms with Gasteiger partial charge in [0, 0.05) is 0 Å². The molecule has 0 aliphatic carbocycles. The third-order valence-corrected chi connectivity index (χ3v) is 4.26. The van der Waals surface area contributed by atoms with Gasteiger partial charge in [-0.3, -0.25) is 24.0 Å². The Kier molecular flexibility index (Phi) is 6.86. The standard InChI is InChI=1S/C13H16N2O4S.C2H6/c1-8(9(2)16)15-10-6-4-5-7-11(10)20(18)19-12(14-3)13(15)17;1-2/h4-8,12,14H,1-3H3;1-2H3. The molecule has 6 nitrogen and oxygen atoms in total. The van der Waals surface area contributed by atoms with Crippen molar-refractivity contribution in [2.45, 2.75) is 44.9 Å². The van der Waals surface area contributed by atoms with Crippen LogP contribution in [0.2, 0.25) is 0 Å². The highest BCUT2D eigenvalue weighted by Crippen LogP contribution is 2.30. The average Bonchev–Trinajstić information content (AvgIpc) is 2.64. The van der Waals surface area contributed by atoms with Crippen molar-refractivity contribution in [1.29, 1.82) is 0 Å². The number of hydrogen-bond donors (Lipinski definition) is 1. The molecule has 7 heteroatoms. The number of amides is 1. The summed E-state index contributed by atoms with van der Waals surface area (Å²) >= 11 is -1.77. The minimum absolute atomic E-state index is 0.157. The van der Waals surface area contributed by atoms with E-state index >= 15 is 0 Å². The fourth-order valence-corrected chi connectivity index (χ4v) is 2.96. The van der Waals surface area contributed by atoms with E-state index < -0.39 is 29.3 Å². The molecule has 1 heterocycles. The molecule has 3 unspecified atom stereocenters. The van der Waals surface area contributed by atoms with E-state index in [9.17, 15) is 13.8 Å². The molecule has 1 aliphatic heterocycles. The number of hydrogen-bond acceptors (Lipinski definition) is 5. The second kappa shape index (κ2) is 8.17. The number of fused-ring (bicyclic) bond motifs is 1. The van der Waals surface area contributed by atoms with E-state index in [1.54, 1.807) is 31.2 Å². The number of anilines is 1. The third kappa shape index (κ3) is 3.60. The number of likely N-dealkylation sites (N-methyl/N-ethyl adjacent to an activating group) is 1. The van der Waals surface area contributed by atoms with E-state index in [0.29, 0.717) is 10.6 Å². The fraction of sp³-hybridized carbons (Fsp3) is 0.467. The first-order valence-corrected chi connectivity index (χ1v) is 8.23. The maximum absolute atomic E-state index is 12.5. The Morgan fingerprint density at radius 3 is 2.50 bits per heavy atom. The molecular formula is C15H22N2O4S. The smallest absolute Gasteiger partial charge is 0.273 e. The van der Waals surface area contributed by atoms with Gasteiger partial charge in [-0.15, -0.1) is 0 Å². The highest BCUT2D eigenvalue weighted by molar-refractivity contribution is 7.80. The number of nitrogens with zero attached hydrogens (tertiary/aromatic N) is 1. The van der Waals surface area contributed by atoms with Crippen molar-refractivity contribution in [2.75, 3.05) is 11.9 Å². The second-order valence-electron chi connectivity index (χ2n) is 4.46. The topological polar surface area (TPSA) is 75.7 Å². The number of carbonyl (C=O) groups is 2. The summed E-state index contributed by atoms with van der Waals surface area (Å²) in [6.45, 7) is 7.05. The molecule has 0 bridgehead atoms. The Bertz CT molecular complexity index is 576. The van der Waals surface area contributed by atoms with Crippen LogP contribution in [0.25, 0.3) is 0 Å². The fourth-order valence-electron chi connectivity index (χ4n) is 1.98. The first kappa shape index (κ1) is 18.5. The average molecular weight is 326 g/mol. The predicted molar refractivity (Wildman–Crippen MR) is 85.8 cm³/mol. The second-order valence-corrected chi connectivity index (χ2v) is 5.56. The number of para-hydroxylation sites is 1. The number of carbonyl (C=O) groups excluding carboxylic acids is 2. The molecule has 0 spiro atoms. The Hall–Kier alpha value is -1.57. The first-order chi connectivity index (χ1) is 10.5. The molecule has 0 aromatic heterocycles. The molecule has 1 amide bonds. The van der Waals surface area contributed by atoms with Crippen LogP contribution in [0.4, 0.5) is 5.69 Å². The maximum Gasteiger partial charge on any atom is 0.273 e. The van der Waals surface area contributed by atoms with Gasteiger partial charge in [-0.1, -0.05) is 26.0 Å². The van der Waals surface area contributed by atoms with Crippen LogP contribution in [0.1, 0.15) is 27.7 Å². The van der Waals surface area contributed by atoms with E-state index in [1.165, 1.54) is 18.9 Å². The van der Waals surface area contributed by atoms with Gasteiger partial charge >= 0.3 is 0 Å². The summed E-state index contributed by atoms with van der Waals surface area (Å²) in [7, 11) is 1.53. The largest absolute Gasteiger partial charge is 0.298 e. The van der Waals surface area contributed by atoms with Crippen LogP contribution in [-0.2, 0) is 24.9 Å². The SMILES string of the molecule is CC.CNC1OS(=O)c2ccccc2N(C(C)C(C)=O)C1=O. The van der Waals surface area contributed by atoms with Gasteiger partial charge in [0.25, 0.3) is 5.91 Å². The van der Waals surface area contributed by atoms with Gasteiger partial charge in [-0.2, -0.15) is 0 Å². The lowest BCUT2D eigenvalue weighted by molar-refractivity contribution is -0.128. The summed E-state index contributed by atoms with van der Waals surface area (Å²) in [4.78, 5) is 25.9. The molecule has 0 saturated heterocycles. The molecule has 2 rings (SSSR count). The lowest BCUT2D eigenvalue weighted by Gasteiger charge is -2.28. The lowest BCUT2D eigenvalue weighted by Crippen LogP contribution is -2.51. The van der Waals surface area contributed by atoms with E-state index in [2.05, 4.69) is 5.32 Å². The zero-order valence-corrected chi connectivity index (χ0v) is 14.3. The van der Waals surface area contributed by atoms with Crippen molar-refractivity contribution in [3.05, 3.63) is 24.3 Å². The highest BCUT2D eigenvalue weighted by atomic mass is 32.2. The number of nitrogens with one attached hydrogen (secondary N) is 1. The van der Waals surface area contributed by atoms with Crippen molar-refractivity contribution in [3.63, 3.8) is 0 Å². The minimum atomic E-state index is -1.77. The minimum Gasteiger partial charge on any atom is -0.298 e. The van der Waals surface area contributed by atoms with E-state index in [0.717, 1.165) is 0 Å². The van der Waals surface area contributed by atoms with Crippen LogP contribution in [0, 0.1) is 0 Å². The Morgan fingerprint density at radius 1 is 1.36 bits per heavy atom. The highest BCUT2D eigenvalue weighted by Gasteiger charge is 2.37. The van der Waals surface area contributed by atoms with E-state index in [-0.39, 0.29) is 5.78 Å². The van der Waals surface area contributed by atoms with Gasteiger partial charge in [0.15, 0.2) is 16.9 Å². The zero-order valence-electron chi connectivity index (χ0n) is 13.5. The summed E-state index contributed by atoms with van der Waals surface area (Å²) in [5, 5.41) is 2.66. The Balaban J connectivity index is 0.00000116. The number of ketones is 1. The van der Waals surface area contributed by atoms with Gasteiger partial charge in [0.1, 0.15) is 0 Å². The molecule has 1 aromatic rings. The molecule has 22 heavy (non-hydrogen) atoms. The van der Waals surface area contributed by atoms with Crippen LogP contribution in [-0.4, -0.2) is 35.2 Å². The monoisotopic (exact) mass is 326 g/mol. The van der Waals surface area contributed by atoms with Crippen molar-refractivity contribution in [3.8, 4) is 0 Å². The summed E-state index contributed by atoms with van der Waals surface area (Å²) < 4.78 is 17.4. The molecular weight excluding hydrogens is 304 g/mol. The first-order valence-electron chi connectivity index (χ1n) is 7.16. The van der Waals surface area contributed by atoms with Crippen LogP contribution >= 0.6 is 0 Å². The molecule has 1 aliphatic rings. The summed E-state index contributed by atoms with van der Waals surface area (Å²) in [5.74, 6) is -0.593. The summed E-state index contributed by atoms with van der Waals surface area (Å²) in [5.41, 5.74) is 0.441. The summed E-state index contributed by atoms with van der Waals surface area (Å²) in [6, 6.07) is 6.06. The number of rotatable bonds is 3. The van der Waals surface area contributed by atoms with Crippen molar-refractivity contribution in [1.82, 2.24) is 5.32 Å². The van der Waals surface area contributed by atoms with Gasteiger partial charge in [-0.25, -0.2) is 4.21 Å². The predicted octanol–water partition coefficient (Wildman–Crippen LogP) is 1.62. The molecule has 1 N–H and O–H groups in total. The van der Waals surface area contributed by atoms with Gasteiger partial charge in [-0.05, 0) is 33.0 Å². The Labute approximate surface area is 133 Å². The van der Waals surface area contributed by atoms with Crippen molar-refractivity contribution < 1.29 is 18.0 Å². The lowest BCUT2D eigenvalue weighted by atomic mass is 10.1. The maximum atomic E-state index is 12.5. The van der Waals surface area contributed by atoms with Gasteiger partial charge in [0.05, 0.1) is 16.6 Å². The van der Waals surface area contributed by atoms with E-state index in [1.807, 2.05) is 13.8 Å². The normalized spacial score (nSPS) is 22.0. The molecule has 3 atom stereocenters.